The summed E-state index contributed by atoms with van der Waals surface area (Å²) >= 11 is 0. The van der Waals surface area contributed by atoms with Crippen molar-refractivity contribution in [2.75, 3.05) is 0 Å². The second kappa shape index (κ2) is 8.11. The maximum Gasteiger partial charge on any atom is 0.244 e. The summed E-state index contributed by atoms with van der Waals surface area (Å²) in [7, 11) is 0. The predicted molar refractivity (Wildman–Crippen MR) is 95.0 cm³/mol. The van der Waals surface area contributed by atoms with Gasteiger partial charge in [-0.05, 0) is 55.0 Å². The molecule has 0 fully saturated rings. The first-order chi connectivity index (χ1) is 12.6. The fourth-order valence-electron chi connectivity index (χ4n) is 2.22. The van der Waals surface area contributed by atoms with Crippen LogP contribution in [0.25, 0.3) is 6.08 Å². The van der Waals surface area contributed by atoms with Crippen LogP contribution in [0.2, 0.25) is 0 Å². The third-order valence-corrected chi connectivity index (χ3v) is 3.49. The molecule has 0 aliphatic heterocycles. The van der Waals surface area contributed by atoms with Gasteiger partial charge in [0.2, 0.25) is 5.91 Å². The van der Waals surface area contributed by atoms with Crippen molar-refractivity contribution in [2.24, 2.45) is 0 Å². The number of hydrogen-bond donors (Lipinski definition) is 1. The van der Waals surface area contributed by atoms with Gasteiger partial charge in [-0.3, -0.25) is 9.78 Å². The molecule has 2 aromatic heterocycles. The van der Waals surface area contributed by atoms with Crippen LogP contribution in [0.15, 0.2) is 65.4 Å². The van der Waals surface area contributed by atoms with E-state index in [1.54, 1.807) is 36.5 Å². The molecule has 3 rings (SSSR count). The van der Waals surface area contributed by atoms with Crippen molar-refractivity contribution in [3.63, 3.8) is 0 Å². The molecule has 3 aromatic rings. The first kappa shape index (κ1) is 17.4. The number of pyridine rings is 1. The van der Waals surface area contributed by atoms with E-state index in [9.17, 15) is 9.18 Å². The lowest BCUT2D eigenvalue weighted by Crippen LogP contribution is -2.20. The van der Waals surface area contributed by atoms with Crippen LogP contribution in [0, 0.1) is 12.7 Å². The number of nitrogens with zero attached hydrogens (tertiary/aromatic N) is 1. The maximum atomic E-state index is 14.1. The quantitative estimate of drug-likeness (QED) is 0.674. The number of carbonyl (C=O) groups is 1. The highest BCUT2D eigenvalue weighted by Crippen LogP contribution is 2.24. The minimum absolute atomic E-state index is 0.0983. The summed E-state index contributed by atoms with van der Waals surface area (Å²) in [5.74, 6) is 1.11. The molecule has 0 saturated heterocycles. The van der Waals surface area contributed by atoms with Crippen LogP contribution in [0.5, 0.6) is 11.5 Å². The number of benzene rings is 1. The number of ether oxygens (including phenoxy) is 1. The topological polar surface area (TPSA) is 64.4 Å². The molecule has 0 radical (unpaired) electrons. The molecule has 1 aromatic carbocycles. The van der Waals surface area contributed by atoms with Crippen molar-refractivity contribution in [2.45, 2.75) is 13.5 Å². The zero-order valence-corrected chi connectivity index (χ0v) is 14.1. The van der Waals surface area contributed by atoms with E-state index in [4.69, 9.17) is 9.15 Å². The van der Waals surface area contributed by atoms with E-state index in [0.717, 1.165) is 5.76 Å². The van der Waals surface area contributed by atoms with Crippen molar-refractivity contribution >= 4 is 12.0 Å². The lowest BCUT2D eigenvalue weighted by Gasteiger charge is -2.08. The molecule has 2 heterocycles. The van der Waals surface area contributed by atoms with Crippen molar-refractivity contribution in [1.29, 1.82) is 0 Å². The molecule has 26 heavy (non-hydrogen) atoms. The molecule has 5 nitrogen and oxygen atoms in total. The standard InChI is InChI=1S/C20H17FN2O3/c1-14-4-6-16(25-14)7-9-20(24)23-12-15-5-8-19(18(21)11-15)26-17-3-2-10-22-13-17/h2-11,13H,12H2,1H3,(H,23,24)/b9-7+. The van der Waals surface area contributed by atoms with E-state index in [2.05, 4.69) is 10.3 Å². The Morgan fingerprint density at radius 2 is 2.19 bits per heavy atom. The Hall–Kier alpha value is -3.41. The van der Waals surface area contributed by atoms with Gasteiger partial charge in [0.1, 0.15) is 17.3 Å². The molecule has 0 spiro atoms. The molecule has 6 heteroatoms. The maximum absolute atomic E-state index is 14.1. The Morgan fingerprint density at radius 1 is 1.31 bits per heavy atom. The van der Waals surface area contributed by atoms with Crippen LogP contribution in [0.3, 0.4) is 0 Å². The van der Waals surface area contributed by atoms with E-state index in [0.29, 0.717) is 17.1 Å². The van der Waals surface area contributed by atoms with Crippen LogP contribution >= 0.6 is 0 Å². The van der Waals surface area contributed by atoms with Crippen LogP contribution in [-0.4, -0.2) is 10.9 Å². The predicted octanol–water partition coefficient (Wildman–Crippen LogP) is 4.24. The summed E-state index contributed by atoms with van der Waals surface area (Å²) in [6, 6.07) is 11.5. The molecular formula is C20H17FN2O3. The number of rotatable bonds is 6. The number of aromatic nitrogens is 1. The molecule has 0 atom stereocenters. The largest absolute Gasteiger partial charge is 0.462 e. The van der Waals surface area contributed by atoms with Gasteiger partial charge in [0.05, 0.1) is 6.20 Å². The molecule has 1 amide bonds. The Kier molecular flexibility index (Phi) is 5.43. The average Bonchev–Trinajstić information content (AvgIpc) is 3.06. The normalized spacial score (nSPS) is 10.8. The van der Waals surface area contributed by atoms with Gasteiger partial charge >= 0.3 is 0 Å². The number of halogens is 1. The first-order valence-electron chi connectivity index (χ1n) is 7.99. The summed E-state index contributed by atoms with van der Waals surface area (Å²) < 4.78 is 24.9. The van der Waals surface area contributed by atoms with E-state index >= 15 is 0 Å². The average molecular weight is 352 g/mol. The van der Waals surface area contributed by atoms with Crippen LogP contribution in [0.4, 0.5) is 4.39 Å². The van der Waals surface area contributed by atoms with Gasteiger partial charge in [-0.1, -0.05) is 6.07 Å². The zero-order valence-electron chi connectivity index (χ0n) is 14.1. The Balaban J connectivity index is 1.56. The van der Waals surface area contributed by atoms with Gasteiger partial charge in [0.15, 0.2) is 11.6 Å². The second-order valence-electron chi connectivity index (χ2n) is 5.56. The number of nitrogens with one attached hydrogen (secondary N) is 1. The minimum atomic E-state index is -0.512. The molecule has 0 unspecified atom stereocenters. The highest BCUT2D eigenvalue weighted by Gasteiger charge is 2.07. The van der Waals surface area contributed by atoms with Crippen molar-refractivity contribution in [1.82, 2.24) is 10.3 Å². The summed E-state index contributed by atoms with van der Waals surface area (Å²) in [6.07, 6.45) is 6.05. The van der Waals surface area contributed by atoms with Gasteiger partial charge < -0.3 is 14.5 Å². The van der Waals surface area contributed by atoms with E-state index in [1.807, 2.05) is 13.0 Å². The Morgan fingerprint density at radius 3 is 2.88 bits per heavy atom. The number of hydrogen-bond acceptors (Lipinski definition) is 4. The minimum Gasteiger partial charge on any atom is -0.462 e. The summed E-state index contributed by atoms with van der Waals surface area (Å²) in [4.78, 5) is 15.7. The monoisotopic (exact) mass is 352 g/mol. The van der Waals surface area contributed by atoms with E-state index in [-0.39, 0.29) is 18.2 Å². The lowest BCUT2D eigenvalue weighted by molar-refractivity contribution is -0.116. The third kappa shape index (κ3) is 4.80. The van der Waals surface area contributed by atoms with Crippen molar-refractivity contribution in [3.8, 4) is 11.5 Å². The molecule has 0 aliphatic carbocycles. The van der Waals surface area contributed by atoms with Crippen LogP contribution < -0.4 is 10.1 Å². The molecule has 1 N–H and O–H groups in total. The Bertz CT molecular complexity index is 920. The number of carbonyl (C=O) groups excluding carboxylic acids is 1. The number of furan rings is 1. The Labute approximate surface area is 150 Å². The van der Waals surface area contributed by atoms with E-state index < -0.39 is 5.82 Å². The van der Waals surface area contributed by atoms with E-state index in [1.165, 1.54) is 24.4 Å². The fraction of sp³-hybridized carbons (Fsp3) is 0.100. The molecule has 0 aliphatic rings. The van der Waals surface area contributed by atoms with Crippen molar-refractivity contribution < 1.29 is 18.3 Å². The first-order valence-corrected chi connectivity index (χ1v) is 7.99. The number of aryl methyl sites for hydroxylation is 1. The molecular weight excluding hydrogens is 335 g/mol. The second-order valence-corrected chi connectivity index (χ2v) is 5.56. The van der Waals surface area contributed by atoms with Gasteiger partial charge in [0, 0.05) is 18.8 Å². The molecule has 0 saturated carbocycles. The third-order valence-electron chi connectivity index (χ3n) is 3.49. The SMILES string of the molecule is Cc1ccc(/C=C/C(=O)NCc2ccc(Oc3cccnc3)c(F)c2)o1. The summed E-state index contributed by atoms with van der Waals surface area (Å²) in [5, 5.41) is 2.69. The zero-order chi connectivity index (χ0) is 18.4. The highest BCUT2D eigenvalue weighted by atomic mass is 19.1. The van der Waals surface area contributed by atoms with Gasteiger partial charge in [-0.25, -0.2) is 4.39 Å². The lowest BCUT2D eigenvalue weighted by atomic mass is 10.2. The smallest absolute Gasteiger partial charge is 0.244 e. The van der Waals surface area contributed by atoms with Crippen LogP contribution in [-0.2, 0) is 11.3 Å². The number of amides is 1. The van der Waals surface area contributed by atoms with Gasteiger partial charge in [-0.15, -0.1) is 0 Å². The van der Waals surface area contributed by atoms with Gasteiger partial charge in [-0.2, -0.15) is 0 Å². The van der Waals surface area contributed by atoms with Crippen LogP contribution in [0.1, 0.15) is 17.1 Å². The van der Waals surface area contributed by atoms with Gasteiger partial charge in [0.25, 0.3) is 0 Å². The summed E-state index contributed by atoms with van der Waals surface area (Å²) in [5.41, 5.74) is 0.622. The highest BCUT2D eigenvalue weighted by molar-refractivity contribution is 5.91. The van der Waals surface area contributed by atoms with Crippen molar-refractivity contribution in [3.05, 3.63) is 83.8 Å². The molecule has 0 bridgehead atoms. The summed E-state index contributed by atoms with van der Waals surface area (Å²) in [6.45, 7) is 2.03. The molecule has 132 valence electrons. The fourth-order valence-corrected chi connectivity index (χ4v) is 2.22.